The van der Waals surface area contributed by atoms with Crippen LogP contribution in [0.2, 0.25) is 0 Å². The van der Waals surface area contributed by atoms with E-state index in [-0.39, 0.29) is 42.6 Å². The summed E-state index contributed by atoms with van der Waals surface area (Å²) in [7, 11) is -4.25. The standard InChI is InChI=1S/C19H15F3N2O4S/c20-12-1-4-17-16(9-12)24(13-2-3-14(21)15(22)10-13)11-18(29(17,26)27)19(25)23-5-7-28-8-6-23/h1-4,9-11H,5-8H2. The minimum atomic E-state index is -4.25. The maximum absolute atomic E-state index is 13.9. The van der Waals surface area contributed by atoms with Crippen LogP contribution in [0, 0.1) is 17.5 Å². The van der Waals surface area contributed by atoms with Crippen molar-refractivity contribution < 1.29 is 31.1 Å². The van der Waals surface area contributed by atoms with Crippen LogP contribution in [0.5, 0.6) is 0 Å². The van der Waals surface area contributed by atoms with Crippen molar-refractivity contribution in [3.8, 4) is 0 Å². The van der Waals surface area contributed by atoms with E-state index in [9.17, 15) is 26.4 Å². The second-order valence-electron chi connectivity index (χ2n) is 6.48. The van der Waals surface area contributed by atoms with E-state index in [0.717, 1.165) is 41.4 Å². The number of carbonyl (C=O) groups is 1. The number of carbonyl (C=O) groups excluding carboxylic acids is 1. The maximum atomic E-state index is 13.9. The van der Waals surface area contributed by atoms with Crippen molar-refractivity contribution in [1.29, 1.82) is 0 Å². The number of rotatable bonds is 2. The zero-order valence-electron chi connectivity index (χ0n) is 14.9. The topological polar surface area (TPSA) is 66.9 Å². The molecule has 152 valence electrons. The van der Waals surface area contributed by atoms with Gasteiger partial charge in [-0.15, -0.1) is 0 Å². The highest BCUT2D eigenvalue weighted by atomic mass is 32.2. The second-order valence-corrected chi connectivity index (χ2v) is 8.37. The monoisotopic (exact) mass is 424 g/mol. The lowest BCUT2D eigenvalue weighted by molar-refractivity contribution is -0.130. The highest BCUT2D eigenvalue weighted by molar-refractivity contribution is 7.96. The number of benzene rings is 2. The summed E-state index contributed by atoms with van der Waals surface area (Å²) in [6.07, 6.45) is 1.02. The van der Waals surface area contributed by atoms with Crippen molar-refractivity contribution in [2.45, 2.75) is 4.90 Å². The number of nitrogens with zero attached hydrogens (tertiary/aromatic N) is 2. The van der Waals surface area contributed by atoms with E-state index in [0.29, 0.717) is 0 Å². The summed E-state index contributed by atoms with van der Waals surface area (Å²) in [5, 5.41) is 0. The van der Waals surface area contributed by atoms with Crippen LogP contribution in [-0.4, -0.2) is 45.5 Å². The Morgan fingerprint density at radius 1 is 0.966 bits per heavy atom. The van der Waals surface area contributed by atoms with Gasteiger partial charge in [-0.05, 0) is 30.3 Å². The zero-order valence-corrected chi connectivity index (χ0v) is 15.8. The fourth-order valence-corrected chi connectivity index (χ4v) is 4.74. The van der Waals surface area contributed by atoms with Crippen LogP contribution in [0.15, 0.2) is 52.4 Å². The van der Waals surface area contributed by atoms with E-state index < -0.39 is 38.1 Å². The Bertz CT molecular complexity index is 1130. The molecule has 0 atom stereocenters. The van der Waals surface area contributed by atoms with Crippen molar-refractivity contribution in [2.75, 3.05) is 31.2 Å². The third kappa shape index (κ3) is 3.38. The molecule has 2 heterocycles. The molecule has 0 bridgehead atoms. The van der Waals surface area contributed by atoms with E-state index in [4.69, 9.17) is 4.74 Å². The Labute approximate surface area is 164 Å². The van der Waals surface area contributed by atoms with Gasteiger partial charge in [0.15, 0.2) is 16.5 Å². The molecule has 0 radical (unpaired) electrons. The SMILES string of the molecule is O=C(C1=CN(c2ccc(F)c(F)c2)c2cc(F)ccc2S1(=O)=O)N1CCOCC1. The summed E-state index contributed by atoms with van der Waals surface area (Å²) in [6.45, 7) is 0.974. The molecule has 1 fully saturated rings. The van der Waals surface area contributed by atoms with Crippen molar-refractivity contribution in [3.05, 3.63) is 65.0 Å². The van der Waals surface area contributed by atoms with E-state index in [1.54, 1.807) is 0 Å². The minimum absolute atomic E-state index is 0.0397. The number of ether oxygens (including phenoxy) is 1. The number of fused-ring (bicyclic) bond motifs is 1. The van der Waals surface area contributed by atoms with Crippen molar-refractivity contribution in [3.63, 3.8) is 0 Å². The predicted octanol–water partition coefficient (Wildman–Crippen LogP) is 2.73. The third-order valence-electron chi connectivity index (χ3n) is 4.70. The van der Waals surface area contributed by atoms with Crippen molar-refractivity contribution in [1.82, 2.24) is 4.90 Å². The van der Waals surface area contributed by atoms with Crippen LogP contribution in [-0.2, 0) is 19.4 Å². The molecule has 0 saturated carbocycles. The van der Waals surface area contributed by atoms with E-state index in [2.05, 4.69) is 0 Å². The molecule has 10 heteroatoms. The lowest BCUT2D eigenvalue weighted by atomic mass is 10.2. The summed E-state index contributed by atoms with van der Waals surface area (Å²) in [4.78, 5) is 14.6. The highest BCUT2D eigenvalue weighted by Gasteiger charge is 2.38. The maximum Gasteiger partial charge on any atom is 0.267 e. The Morgan fingerprint density at radius 3 is 2.38 bits per heavy atom. The lowest BCUT2D eigenvalue weighted by Gasteiger charge is -2.32. The molecule has 0 spiro atoms. The van der Waals surface area contributed by atoms with Crippen LogP contribution in [0.4, 0.5) is 24.5 Å². The van der Waals surface area contributed by atoms with Crippen LogP contribution in [0.3, 0.4) is 0 Å². The molecule has 0 aliphatic carbocycles. The molecule has 2 aromatic carbocycles. The second kappa shape index (κ2) is 7.20. The van der Waals surface area contributed by atoms with Gasteiger partial charge in [0.1, 0.15) is 5.82 Å². The van der Waals surface area contributed by atoms with Gasteiger partial charge in [0.05, 0.1) is 23.8 Å². The van der Waals surface area contributed by atoms with Gasteiger partial charge in [0.25, 0.3) is 5.91 Å². The Morgan fingerprint density at radius 2 is 1.69 bits per heavy atom. The van der Waals surface area contributed by atoms with Crippen LogP contribution in [0.1, 0.15) is 0 Å². The summed E-state index contributed by atoms with van der Waals surface area (Å²) in [5.41, 5.74) is -0.0625. The number of amides is 1. The number of morpholine rings is 1. The quantitative estimate of drug-likeness (QED) is 0.694. The molecule has 0 unspecified atom stereocenters. The smallest absolute Gasteiger partial charge is 0.267 e. The molecular weight excluding hydrogens is 409 g/mol. The van der Waals surface area contributed by atoms with Gasteiger partial charge < -0.3 is 14.5 Å². The molecule has 2 aromatic rings. The van der Waals surface area contributed by atoms with Crippen molar-refractivity contribution in [2.24, 2.45) is 0 Å². The summed E-state index contributed by atoms with van der Waals surface area (Å²) >= 11 is 0. The number of halogens is 3. The fourth-order valence-electron chi connectivity index (χ4n) is 3.22. The normalized spacial score (nSPS) is 18.2. The summed E-state index contributed by atoms with van der Waals surface area (Å²) in [6, 6.07) is 5.88. The van der Waals surface area contributed by atoms with Gasteiger partial charge in [-0.25, -0.2) is 21.6 Å². The van der Waals surface area contributed by atoms with Crippen LogP contribution in [0.25, 0.3) is 0 Å². The van der Waals surface area contributed by atoms with E-state index in [1.807, 2.05) is 0 Å². The van der Waals surface area contributed by atoms with Gasteiger partial charge in [-0.2, -0.15) is 0 Å². The average molecular weight is 424 g/mol. The molecule has 0 N–H and O–H groups in total. The molecule has 4 rings (SSSR count). The first-order valence-electron chi connectivity index (χ1n) is 8.67. The number of anilines is 2. The fraction of sp³-hybridized carbons (Fsp3) is 0.211. The largest absolute Gasteiger partial charge is 0.378 e. The van der Waals surface area contributed by atoms with E-state index in [1.165, 1.54) is 11.0 Å². The summed E-state index contributed by atoms with van der Waals surface area (Å²) < 4.78 is 72.3. The van der Waals surface area contributed by atoms with Gasteiger partial charge in [-0.1, -0.05) is 0 Å². The highest BCUT2D eigenvalue weighted by Crippen LogP contribution is 2.40. The molecule has 0 aromatic heterocycles. The average Bonchev–Trinajstić information content (AvgIpc) is 2.70. The van der Waals surface area contributed by atoms with Crippen LogP contribution >= 0.6 is 0 Å². The third-order valence-corrected chi connectivity index (χ3v) is 6.48. The summed E-state index contributed by atoms with van der Waals surface area (Å²) in [5.74, 6) is -3.71. The Hall–Kier alpha value is -2.85. The first-order chi connectivity index (χ1) is 13.8. The van der Waals surface area contributed by atoms with Crippen molar-refractivity contribution >= 4 is 27.1 Å². The van der Waals surface area contributed by atoms with E-state index >= 15 is 0 Å². The first kappa shape index (κ1) is 19.5. The number of hydrogen-bond donors (Lipinski definition) is 0. The molecule has 2 aliphatic rings. The van der Waals surface area contributed by atoms with Gasteiger partial charge >= 0.3 is 0 Å². The predicted molar refractivity (Wildman–Crippen MR) is 97.6 cm³/mol. The minimum Gasteiger partial charge on any atom is -0.378 e. The lowest BCUT2D eigenvalue weighted by Crippen LogP contribution is -2.43. The Balaban J connectivity index is 1.89. The van der Waals surface area contributed by atoms with Gasteiger partial charge in [-0.3, -0.25) is 4.79 Å². The molecule has 29 heavy (non-hydrogen) atoms. The molecular formula is C19H15F3N2O4S. The molecule has 1 amide bonds. The van der Waals surface area contributed by atoms with Gasteiger partial charge in [0, 0.05) is 31.0 Å². The van der Waals surface area contributed by atoms with Gasteiger partial charge in [0.2, 0.25) is 9.84 Å². The molecule has 1 saturated heterocycles. The number of sulfone groups is 1. The Kier molecular flexibility index (Phi) is 4.83. The molecule has 2 aliphatic heterocycles. The molecule has 6 nitrogen and oxygen atoms in total. The first-order valence-corrected chi connectivity index (χ1v) is 10.1. The number of hydrogen-bond acceptors (Lipinski definition) is 5. The van der Waals surface area contributed by atoms with Crippen LogP contribution < -0.4 is 4.90 Å². The zero-order chi connectivity index (χ0) is 20.8.